The molecular weight excluding hydrogens is 832 g/mol. The maximum Gasteiger partial charge on any atom is 0.338 e. The number of aromatic hydroxyl groups is 2. The molecule has 62 heavy (non-hydrogen) atoms. The van der Waals surface area contributed by atoms with E-state index in [9.17, 15) is 71.2 Å². The van der Waals surface area contributed by atoms with Crippen molar-refractivity contribution in [3.8, 4) is 11.5 Å². The normalized spacial score (nSPS) is 37.3. The zero-order valence-electron chi connectivity index (χ0n) is 32.2. The van der Waals surface area contributed by atoms with Crippen molar-refractivity contribution in [3.05, 3.63) is 101 Å². The molecule has 2 aromatic carbocycles. The third kappa shape index (κ3) is 9.30. The summed E-state index contributed by atoms with van der Waals surface area (Å²) in [7, 11) is 0. The molecule has 338 valence electrons. The summed E-state index contributed by atoms with van der Waals surface area (Å²) in [5.74, 6) is -1.96. The van der Waals surface area contributed by atoms with Crippen LogP contribution in [-0.4, -0.2) is 190 Å². The number of carbonyl (C=O) groups is 1. The highest BCUT2D eigenvalue weighted by Gasteiger charge is 2.52. The van der Waals surface area contributed by atoms with Crippen LogP contribution in [0.4, 0.5) is 0 Å². The van der Waals surface area contributed by atoms with E-state index in [2.05, 4.69) is 0 Å². The van der Waals surface area contributed by atoms with Gasteiger partial charge in [-0.05, 0) is 60.7 Å². The number of fused-ring (bicyclic) bond motifs is 1. The molecule has 16 unspecified atom stereocenters. The molecule has 3 saturated heterocycles. The molecule has 7 rings (SSSR count). The van der Waals surface area contributed by atoms with Gasteiger partial charge in [0.2, 0.25) is 6.29 Å². The van der Waals surface area contributed by atoms with Crippen LogP contribution in [0.3, 0.4) is 0 Å². The smallest absolute Gasteiger partial charge is 0.338 e. The summed E-state index contributed by atoms with van der Waals surface area (Å²) in [6, 6.07) is 10.5. The molecule has 4 aliphatic heterocycles. The molecule has 3 fully saturated rings. The lowest BCUT2D eigenvalue weighted by Crippen LogP contribution is -2.64. The van der Waals surface area contributed by atoms with Crippen molar-refractivity contribution in [2.75, 3.05) is 19.8 Å². The average Bonchev–Trinajstić information content (AvgIpc) is 3.26. The number of hydrogen-bond acceptors (Lipinski definition) is 22. The lowest BCUT2D eigenvalue weighted by Gasteiger charge is -2.46. The summed E-state index contributed by atoms with van der Waals surface area (Å²) in [6.07, 6.45) is -24.5. The van der Waals surface area contributed by atoms with Crippen molar-refractivity contribution < 1.29 is 109 Å². The maximum absolute atomic E-state index is 12.7. The molecule has 13 N–H and O–H groups in total. The maximum atomic E-state index is 12.7. The van der Waals surface area contributed by atoms with E-state index >= 15 is 0 Å². The Morgan fingerprint density at radius 2 is 1.13 bits per heavy atom. The first-order valence-electron chi connectivity index (χ1n) is 19.2. The summed E-state index contributed by atoms with van der Waals surface area (Å²) in [6.45, 7) is -2.31. The van der Waals surface area contributed by atoms with Crippen LogP contribution in [0.2, 0.25) is 0 Å². The lowest BCUT2D eigenvalue weighted by atomic mass is 9.96. The number of esters is 1. The molecule has 22 heteroatoms. The van der Waals surface area contributed by atoms with E-state index in [4.69, 9.17) is 37.9 Å². The Labute approximate surface area is 350 Å². The van der Waals surface area contributed by atoms with Crippen LogP contribution in [0, 0.1) is 0 Å². The Kier molecular flexibility index (Phi) is 13.8. The second-order valence-corrected chi connectivity index (χ2v) is 14.9. The third-order valence-electron chi connectivity index (χ3n) is 10.7. The van der Waals surface area contributed by atoms with Gasteiger partial charge >= 0.3 is 5.97 Å². The van der Waals surface area contributed by atoms with Crippen molar-refractivity contribution in [2.45, 2.75) is 98.2 Å². The number of aliphatic hydroxyl groups is 11. The van der Waals surface area contributed by atoms with Crippen LogP contribution in [0.15, 0.2) is 89.6 Å². The van der Waals surface area contributed by atoms with Crippen LogP contribution < -0.4 is 0 Å². The quantitative estimate of drug-likeness (QED) is 0.0931. The average molecular weight is 879 g/mol. The SMILES string of the molecule is O=C(OCC1OC(OC2C(OC3=C(c4ccc(O)cc4)OC4=CC(O)=CC(OC5OC(CO)C(O)C(O)C5O)C4=C3)OC(CO)C(O)C2O)C(O)C(O)C1O)c1ccc(O)cc1. The van der Waals surface area contributed by atoms with Gasteiger partial charge in [0.05, 0.1) is 18.8 Å². The minimum Gasteiger partial charge on any atom is -0.508 e. The van der Waals surface area contributed by atoms with Crippen molar-refractivity contribution in [1.82, 2.24) is 0 Å². The summed E-state index contributed by atoms with van der Waals surface area (Å²) < 4.78 is 46.7. The number of benzene rings is 2. The molecule has 4 heterocycles. The number of phenols is 2. The van der Waals surface area contributed by atoms with Crippen LogP contribution in [0.1, 0.15) is 15.9 Å². The van der Waals surface area contributed by atoms with Crippen molar-refractivity contribution in [2.24, 2.45) is 0 Å². The molecule has 16 atom stereocenters. The number of allylic oxidation sites excluding steroid dienone is 2. The van der Waals surface area contributed by atoms with E-state index in [1.165, 1.54) is 60.7 Å². The van der Waals surface area contributed by atoms with E-state index in [1.807, 2.05) is 0 Å². The first-order valence-corrected chi connectivity index (χ1v) is 19.2. The first-order chi connectivity index (χ1) is 29.6. The molecule has 0 aromatic heterocycles. The molecule has 0 bridgehead atoms. The zero-order valence-corrected chi connectivity index (χ0v) is 32.2. The van der Waals surface area contributed by atoms with E-state index in [1.54, 1.807) is 0 Å². The Balaban J connectivity index is 1.19. The zero-order chi connectivity index (χ0) is 44.6. The molecular formula is C40H46O22. The van der Waals surface area contributed by atoms with Crippen molar-refractivity contribution in [3.63, 3.8) is 0 Å². The number of rotatable bonds is 12. The highest BCUT2D eigenvalue weighted by atomic mass is 16.8. The highest BCUT2D eigenvalue weighted by Crippen LogP contribution is 2.41. The Morgan fingerprint density at radius 1 is 0.597 bits per heavy atom. The van der Waals surface area contributed by atoms with Gasteiger partial charge in [0.1, 0.15) is 103 Å². The first kappa shape index (κ1) is 45.3. The predicted octanol–water partition coefficient (Wildman–Crippen LogP) is -3.25. The van der Waals surface area contributed by atoms with Gasteiger partial charge in [-0.25, -0.2) is 4.79 Å². The van der Waals surface area contributed by atoms with Crippen molar-refractivity contribution in [1.29, 1.82) is 0 Å². The van der Waals surface area contributed by atoms with Gasteiger partial charge in [0, 0.05) is 17.2 Å². The van der Waals surface area contributed by atoms with Crippen molar-refractivity contribution >= 4 is 11.7 Å². The lowest BCUT2D eigenvalue weighted by molar-refractivity contribution is -0.363. The number of phenolic OH excluding ortho intramolecular Hbond substituents is 2. The monoisotopic (exact) mass is 878 g/mol. The van der Waals surface area contributed by atoms with Gasteiger partial charge in [0.15, 0.2) is 30.2 Å². The predicted molar refractivity (Wildman–Crippen MR) is 200 cm³/mol. The van der Waals surface area contributed by atoms with Crippen LogP contribution >= 0.6 is 0 Å². The van der Waals surface area contributed by atoms with E-state index in [0.717, 1.165) is 6.08 Å². The van der Waals surface area contributed by atoms with E-state index in [0.29, 0.717) is 0 Å². The van der Waals surface area contributed by atoms with Gasteiger partial charge in [-0.1, -0.05) is 0 Å². The Bertz CT molecular complexity index is 2020. The fourth-order valence-corrected chi connectivity index (χ4v) is 7.18. The molecule has 1 aliphatic carbocycles. The van der Waals surface area contributed by atoms with Crippen LogP contribution in [0.5, 0.6) is 11.5 Å². The van der Waals surface area contributed by atoms with Crippen LogP contribution in [0.25, 0.3) is 5.76 Å². The van der Waals surface area contributed by atoms with Gasteiger partial charge < -0.3 is 104 Å². The summed E-state index contributed by atoms with van der Waals surface area (Å²) in [5.41, 5.74) is 0.335. The molecule has 0 radical (unpaired) electrons. The summed E-state index contributed by atoms with van der Waals surface area (Å²) in [4.78, 5) is 12.7. The third-order valence-corrected chi connectivity index (χ3v) is 10.7. The molecule has 0 spiro atoms. The fraction of sp³-hybridized carbons (Fsp3) is 0.475. The largest absolute Gasteiger partial charge is 0.508 e. The Morgan fingerprint density at radius 3 is 1.74 bits per heavy atom. The second kappa shape index (κ2) is 18.9. The minimum atomic E-state index is -2.03. The topological polar surface area (TPSA) is 354 Å². The molecule has 0 saturated carbocycles. The number of aliphatic hydroxyl groups excluding tert-OH is 11. The highest BCUT2D eigenvalue weighted by molar-refractivity contribution is 5.89. The van der Waals surface area contributed by atoms with Crippen LogP contribution in [-0.2, 0) is 37.9 Å². The number of carbonyl (C=O) groups excluding carboxylic acids is 1. The van der Waals surface area contributed by atoms with Gasteiger partial charge in [-0.15, -0.1) is 0 Å². The molecule has 0 amide bonds. The minimum absolute atomic E-state index is 0.0226. The standard InChI is InChI=1S/C40H46O22/c41-12-24-27(46)30(49)33(52)38(59-24)57-22-10-19(45)9-21-20(22)11-23(35(56-21)15-1-5-17(43)6-2-15)58-40-36(32(51)28(47)25(13-42)60-40)62-39-34(53)31(50)29(48)26(61-39)14-55-37(54)16-3-7-18(44)8-4-16/h1-11,22,24-34,36,38-53H,12-14H2. The fourth-order valence-electron chi connectivity index (χ4n) is 7.18. The van der Waals surface area contributed by atoms with Gasteiger partial charge in [0.25, 0.3) is 0 Å². The summed E-state index contributed by atoms with van der Waals surface area (Å²) >= 11 is 0. The van der Waals surface area contributed by atoms with E-state index < -0.39 is 124 Å². The van der Waals surface area contributed by atoms with E-state index in [-0.39, 0.29) is 51.2 Å². The van der Waals surface area contributed by atoms with Gasteiger partial charge in [-0.2, -0.15) is 0 Å². The molecule has 2 aromatic rings. The number of hydrogen-bond donors (Lipinski definition) is 13. The molecule has 22 nitrogen and oxygen atoms in total. The van der Waals surface area contributed by atoms with Gasteiger partial charge in [-0.3, -0.25) is 0 Å². The second-order valence-electron chi connectivity index (χ2n) is 14.9. The number of ether oxygens (including phenoxy) is 8. The Hall–Kier alpha value is -4.73. The summed E-state index contributed by atoms with van der Waals surface area (Å²) in [5, 5.41) is 136. The molecule has 5 aliphatic rings.